The maximum Gasteiger partial charge on any atom is 0.237 e. The maximum absolute atomic E-state index is 11.8. The molecule has 17 heavy (non-hydrogen) atoms. The molecule has 0 bridgehead atoms. The van der Waals surface area contributed by atoms with Gasteiger partial charge >= 0.3 is 0 Å². The van der Waals surface area contributed by atoms with Crippen LogP contribution in [0.15, 0.2) is 0 Å². The molecule has 100 valence electrons. The summed E-state index contributed by atoms with van der Waals surface area (Å²) in [4.78, 5) is 11.8. The van der Waals surface area contributed by atoms with Gasteiger partial charge in [-0.2, -0.15) is 0 Å². The van der Waals surface area contributed by atoms with Crippen molar-refractivity contribution < 1.29 is 4.79 Å². The topological polar surface area (TPSA) is 55.1 Å². The molecular formula is C14H28N2O. The maximum atomic E-state index is 11.8. The molecule has 0 aliphatic heterocycles. The van der Waals surface area contributed by atoms with Crippen LogP contribution >= 0.6 is 0 Å². The van der Waals surface area contributed by atoms with Gasteiger partial charge in [0.2, 0.25) is 5.91 Å². The first kappa shape index (κ1) is 14.5. The molecule has 3 heteroatoms. The lowest BCUT2D eigenvalue weighted by atomic mass is 9.74. The zero-order chi connectivity index (χ0) is 12.9. The first-order chi connectivity index (χ1) is 8.04. The Kier molecular flexibility index (Phi) is 5.44. The third-order valence-corrected chi connectivity index (χ3v) is 4.26. The Morgan fingerprint density at radius 1 is 1.41 bits per heavy atom. The minimum Gasteiger partial charge on any atom is -0.368 e. The molecule has 0 aromatic rings. The molecule has 0 heterocycles. The Morgan fingerprint density at radius 2 is 2.00 bits per heavy atom. The van der Waals surface area contributed by atoms with Gasteiger partial charge in [-0.25, -0.2) is 0 Å². The lowest BCUT2D eigenvalue weighted by Gasteiger charge is -2.40. The fourth-order valence-corrected chi connectivity index (χ4v) is 2.90. The minimum absolute atomic E-state index is 0.159. The summed E-state index contributed by atoms with van der Waals surface area (Å²) in [6, 6.07) is 0.366. The van der Waals surface area contributed by atoms with E-state index >= 15 is 0 Å². The Morgan fingerprint density at radius 3 is 2.41 bits per heavy atom. The smallest absolute Gasteiger partial charge is 0.237 e. The highest BCUT2D eigenvalue weighted by Crippen LogP contribution is 2.34. The average Bonchev–Trinajstić information content (AvgIpc) is 2.31. The van der Waals surface area contributed by atoms with Gasteiger partial charge in [0.1, 0.15) is 0 Å². The molecule has 1 unspecified atom stereocenters. The fourth-order valence-electron chi connectivity index (χ4n) is 2.90. The van der Waals surface area contributed by atoms with Crippen molar-refractivity contribution in [1.82, 2.24) is 5.32 Å². The van der Waals surface area contributed by atoms with Crippen LogP contribution in [0.3, 0.4) is 0 Å². The van der Waals surface area contributed by atoms with Crippen molar-refractivity contribution >= 4 is 5.91 Å². The molecule has 3 N–H and O–H groups in total. The summed E-state index contributed by atoms with van der Waals surface area (Å²) in [6.45, 7) is 6.49. The summed E-state index contributed by atoms with van der Waals surface area (Å²) in [5.41, 5.74) is 5.19. The predicted molar refractivity (Wildman–Crippen MR) is 71.7 cm³/mol. The van der Waals surface area contributed by atoms with Crippen molar-refractivity contribution in [2.24, 2.45) is 11.7 Å². The Balaban J connectivity index is 2.60. The molecule has 1 aliphatic rings. The van der Waals surface area contributed by atoms with Crippen molar-refractivity contribution in [3.8, 4) is 0 Å². The number of carbonyl (C=O) groups excluding carboxylic acids is 1. The van der Waals surface area contributed by atoms with Gasteiger partial charge < -0.3 is 11.1 Å². The van der Waals surface area contributed by atoms with E-state index in [4.69, 9.17) is 5.73 Å². The van der Waals surface area contributed by atoms with Crippen LogP contribution in [0.25, 0.3) is 0 Å². The van der Waals surface area contributed by atoms with Gasteiger partial charge in [0, 0.05) is 6.04 Å². The lowest BCUT2D eigenvalue weighted by molar-refractivity contribution is -0.126. The molecule has 0 spiro atoms. The van der Waals surface area contributed by atoms with E-state index in [1.165, 1.54) is 12.8 Å². The van der Waals surface area contributed by atoms with Crippen LogP contribution in [0.5, 0.6) is 0 Å². The quantitative estimate of drug-likeness (QED) is 0.750. The van der Waals surface area contributed by atoms with Gasteiger partial charge in [-0.1, -0.05) is 26.7 Å². The number of rotatable bonds is 6. The SMILES string of the molecule is CCCC1CCC(NC(C)CC)(C(N)=O)CC1. The molecule has 0 aromatic heterocycles. The van der Waals surface area contributed by atoms with Crippen LogP contribution in [0, 0.1) is 5.92 Å². The number of hydrogen-bond donors (Lipinski definition) is 2. The Labute approximate surface area is 106 Å². The first-order valence-electron chi connectivity index (χ1n) is 7.11. The summed E-state index contributed by atoms with van der Waals surface area (Å²) >= 11 is 0. The van der Waals surface area contributed by atoms with Crippen molar-refractivity contribution in [2.45, 2.75) is 77.3 Å². The van der Waals surface area contributed by atoms with Crippen LogP contribution < -0.4 is 11.1 Å². The first-order valence-corrected chi connectivity index (χ1v) is 7.11. The summed E-state index contributed by atoms with van der Waals surface area (Å²) < 4.78 is 0. The van der Waals surface area contributed by atoms with Gasteiger partial charge in [-0.05, 0) is 44.9 Å². The normalized spacial score (nSPS) is 31.1. The standard InChI is InChI=1S/C14H28N2O/c1-4-6-12-7-9-14(10-8-12,13(15)17)16-11(3)5-2/h11-12,16H,4-10H2,1-3H3,(H2,15,17). The highest BCUT2D eigenvalue weighted by Gasteiger charge is 2.40. The molecule has 0 saturated heterocycles. The number of nitrogens with one attached hydrogen (secondary N) is 1. The summed E-state index contributed by atoms with van der Waals surface area (Å²) in [5.74, 6) is 0.638. The molecule has 1 rings (SSSR count). The molecule has 1 atom stereocenters. The van der Waals surface area contributed by atoms with Crippen LogP contribution in [0.4, 0.5) is 0 Å². The van der Waals surface area contributed by atoms with E-state index in [-0.39, 0.29) is 5.91 Å². The third kappa shape index (κ3) is 3.70. The van der Waals surface area contributed by atoms with Crippen molar-refractivity contribution in [3.05, 3.63) is 0 Å². The zero-order valence-electron chi connectivity index (χ0n) is 11.6. The van der Waals surface area contributed by atoms with Gasteiger partial charge in [-0.3, -0.25) is 4.79 Å². The van der Waals surface area contributed by atoms with Crippen molar-refractivity contribution in [2.75, 3.05) is 0 Å². The minimum atomic E-state index is -0.431. The van der Waals surface area contributed by atoms with Crippen molar-refractivity contribution in [1.29, 1.82) is 0 Å². The van der Waals surface area contributed by atoms with Crippen LogP contribution in [-0.4, -0.2) is 17.5 Å². The van der Waals surface area contributed by atoms with E-state index in [1.807, 2.05) is 0 Å². The second kappa shape index (κ2) is 6.39. The molecule has 3 nitrogen and oxygen atoms in total. The Bertz CT molecular complexity index is 245. The Hall–Kier alpha value is -0.570. The second-order valence-corrected chi connectivity index (χ2v) is 5.63. The summed E-state index contributed by atoms with van der Waals surface area (Å²) in [5, 5.41) is 3.47. The van der Waals surface area contributed by atoms with Crippen LogP contribution in [0.1, 0.15) is 65.7 Å². The molecule has 1 fully saturated rings. The number of nitrogens with two attached hydrogens (primary N) is 1. The van der Waals surface area contributed by atoms with E-state index in [9.17, 15) is 4.79 Å². The number of primary amides is 1. The van der Waals surface area contributed by atoms with E-state index in [2.05, 4.69) is 26.1 Å². The van der Waals surface area contributed by atoms with E-state index in [1.54, 1.807) is 0 Å². The van der Waals surface area contributed by atoms with Gasteiger partial charge in [0.15, 0.2) is 0 Å². The third-order valence-electron chi connectivity index (χ3n) is 4.26. The number of hydrogen-bond acceptors (Lipinski definition) is 2. The van der Waals surface area contributed by atoms with Crippen molar-refractivity contribution in [3.63, 3.8) is 0 Å². The zero-order valence-corrected chi connectivity index (χ0v) is 11.6. The van der Waals surface area contributed by atoms with Gasteiger partial charge in [0.05, 0.1) is 5.54 Å². The largest absolute Gasteiger partial charge is 0.368 e. The predicted octanol–water partition coefficient (Wildman–Crippen LogP) is 2.59. The molecule has 1 saturated carbocycles. The average molecular weight is 240 g/mol. The summed E-state index contributed by atoms with van der Waals surface area (Å²) in [7, 11) is 0. The van der Waals surface area contributed by atoms with E-state index < -0.39 is 5.54 Å². The molecule has 1 aliphatic carbocycles. The highest BCUT2D eigenvalue weighted by atomic mass is 16.1. The molecule has 1 amide bonds. The molecule has 0 radical (unpaired) electrons. The lowest BCUT2D eigenvalue weighted by Crippen LogP contribution is -2.59. The number of carbonyl (C=O) groups is 1. The molecule has 0 aromatic carbocycles. The van der Waals surface area contributed by atoms with E-state index in [0.717, 1.165) is 38.0 Å². The van der Waals surface area contributed by atoms with Crippen LogP contribution in [0.2, 0.25) is 0 Å². The summed E-state index contributed by atoms with van der Waals surface area (Å²) in [6.07, 6.45) is 7.67. The van der Waals surface area contributed by atoms with Gasteiger partial charge in [-0.15, -0.1) is 0 Å². The van der Waals surface area contributed by atoms with Crippen LogP contribution in [-0.2, 0) is 4.79 Å². The second-order valence-electron chi connectivity index (χ2n) is 5.63. The number of amides is 1. The fraction of sp³-hybridized carbons (Fsp3) is 0.929. The monoisotopic (exact) mass is 240 g/mol. The highest BCUT2D eigenvalue weighted by molar-refractivity contribution is 5.84. The molecular weight excluding hydrogens is 212 g/mol. The van der Waals surface area contributed by atoms with E-state index in [0.29, 0.717) is 6.04 Å². The van der Waals surface area contributed by atoms with Gasteiger partial charge in [0.25, 0.3) is 0 Å².